The molecule has 6 heteroatoms. The predicted molar refractivity (Wildman–Crippen MR) is 70.9 cm³/mol. The lowest BCUT2D eigenvalue weighted by molar-refractivity contribution is -0.119. The van der Waals surface area contributed by atoms with Crippen molar-refractivity contribution in [2.45, 2.75) is 25.7 Å². The van der Waals surface area contributed by atoms with Crippen LogP contribution in [0.3, 0.4) is 0 Å². The molecule has 1 atom stereocenters. The van der Waals surface area contributed by atoms with Gasteiger partial charge in [0.15, 0.2) is 0 Å². The number of anilines is 1. The Labute approximate surface area is 114 Å². The average Bonchev–Trinajstić information content (AvgIpc) is 3.03. The molecule has 0 bridgehead atoms. The van der Waals surface area contributed by atoms with Gasteiger partial charge in [0.1, 0.15) is 5.00 Å². The van der Waals surface area contributed by atoms with E-state index in [9.17, 15) is 14.7 Å². The molecule has 1 aliphatic carbocycles. The lowest BCUT2D eigenvalue weighted by atomic mass is 10.1. The third-order valence-corrected chi connectivity index (χ3v) is 4.88. The van der Waals surface area contributed by atoms with Crippen molar-refractivity contribution in [1.29, 1.82) is 0 Å². The molecular weight excluding hydrogens is 266 g/mol. The number of carboxylic acid groups (broad SMARTS) is 1. The van der Waals surface area contributed by atoms with Gasteiger partial charge in [-0.15, -0.1) is 11.3 Å². The van der Waals surface area contributed by atoms with Gasteiger partial charge < -0.3 is 15.2 Å². The Morgan fingerprint density at radius 2 is 2.21 bits per heavy atom. The second kappa shape index (κ2) is 4.94. The minimum absolute atomic E-state index is 0.125. The Morgan fingerprint density at radius 1 is 1.37 bits per heavy atom. The molecule has 0 aromatic carbocycles. The van der Waals surface area contributed by atoms with Gasteiger partial charge in [-0.25, -0.2) is 4.79 Å². The fraction of sp³-hybridized carbons (Fsp3) is 0.538. The Bertz CT molecular complexity index is 531. The first-order valence-electron chi connectivity index (χ1n) is 6.43. The summed E-state index contributed by atoms with van der Waals surface area (Å²) in [7, 11) is 0. The van der Waals surface area contributed by atoms with Crippen LogP contribution in [-0.2, 0) is 22.4 Å². The highest BCUT2D eigenvalue weighted by atomic mass is 32.1. The second-order valence-electron chi connectivity index (χ2n) is 4.92. The third kappa shape index (κ3) is 2.26. The molecule has 0 radical (unpaired) electrons. The minimum atomic E-state index is -0.947. The van der Waals surface area contributed by atoms with Crippen molar-refractivity contribution in [3.63, 3.8) is 0 Å². The highest BCUT2D eigenvalue weighted by Gasteiger charge is 2.29. The standard InChI is InChI=1S/C13H15NO4S/c15-11(7-4-5-18-6-7)14-12-10(13(16)17)8-2-1-3-9(8)19-12/h7H,1-6H2,(H,14,15)(H,16,17). The van der Waals surface area contributed by atoms with Crippen molar-refractivity contribution >= 4 is 28.2 Å². The van der Waals surface area contributed by atoms with Crippen LogP contribution in [0.25, 0.3) is 0 Å². The van der Waals surface area contributed by atoms with Crippen LogP contribution < -0.4 is 5.32 Å². The van der Waals surface area contributed by atoms with Crippen LogP contribution >= 0.6 is 11.3 Å². The summed E-state index contributed by atoms with van der Waals surface area (Å²) in [5, 5.41) is 12.6. The van der Waals surface area contributed by atoms with E-state index in [0.717, 1.165) is 29.7 Å². The maximum atomic E-state index is 12.0. The van der Waals surface area contributed by atoms with Crippen LogP contribution in [0.4, 0.5) is 5.00 Å². The molecule has 2 heterocycles. The van der Waals surface area contributed by atoms with Crippen molar-refractivity contribution in [2.24, 2.45) is 5.92 Å². The van der Waals surface area contributed by atoms with Crippen molar-refractivity contribution in [3.8, 4) is 0 Å². The molecule has 2 aliphatic rings. The number of fused-ring (bicyclic) bond motifs is 1. The van der Waals surface area contributed by atoms with Gasteiger partial charge in [0.25, 0.3) is 0 Å². The zero-order valence-corrected chi connectivity index (χ0v) is 11.2. The van der Waals surface area contributed by atoms with Gasteiger partial charge in [-0.05, 0) is 31.2 Å². The van der Waals surface area contributed by atoms with E-state index in [-0.39, 0.29) is 11.8 Å². The summed E-state index contributed by atoms with van der Waals surface area (Å²) < 4.78 is 5.18. The number of hydrogen-bond acceptors (Lipinski definition) is 4. The Balaban J connectivity index is 1.84. The van der Waals surface area contributed by atoms with E-state index in [1.165, 1.54) is 11.3 Å². The maximum absolute atomic E-state index is 12.0. The van der Waals surface area contributed by atoms with E-state index in [1.807, 2.05) is 0 Å². The van der Waals surface area contributed by atoms with E-state index >= 15 is 0 Å². The van der Waals surface area contributed by atoms with E-state index in [1.54, 1.807) is 0 Å². The zero-order valence-electron chi connectivity index (χ0n) is 10.4. The lowest BCUT2D eigenvalue weighted by Crippen LogP contribution is -2.23. The quantitative estimate of drug-likeness (QED) is 0.887. The molecule has 0 saturated carbocycles. The molecule has 1 amide bonds. The number of ether oxygens (including phenoxy) is 1. The zero-order chi connectivity index (χ0) is 13.4. The van der Waals surface area contributed by atoms with Gasteiger partial charge in [-0.1, -0.05) is 0 Å². The van der Waals surface area contributed by atoms with Crippen molar-refractivity contribution < 1.29 is 19.4 Å². The SMILES string of the molecule is O=C(O)c1c(NC(=O)C2CCOC2)sc2c1CCC2. The molecule has 1 fully saturated rings. The summed E-state index contributed by atoms with van der Waals surface area (Å²) >= 11 is 1.41. The van der Waals surface area contributed by atoms with Gasteiger partial charge in [0.2, 0.25) is 5.91 Å². The van der Waals surface area contributed by atoms with E-state index < -0.39 is 5.97 Å². The first-order chi connectivity index (χ1) is 9.16. The molecule has 1 saturated heterocycles. The molecule has 0 spiro atoms. The number of carbonyl (C=O) groups excluding carboxylic acids is 1. The number of nitrogens with one attached hydrogen (secondary N) is 1. The monoisotopic (exact) mass is 281 g/mol. The number of thiophene rings is 1. The topological polar surface area (TPSA) is 75.6 Å². The molecule has 1 aliphatic heterocycles. The molecule has 3 rings (SSSR count). The van der Waals surface area contributed by atoms with Crippen molar-refractivity contribution in [1.82, 2.24) is 0 Å². The van der Waals surface area contributed by atoms with E-state index in [0.29, 0.717) is 30.2 Å². The first kappa shape index (κ1) is 12.6. The lowest BCUT2D eigenvalue weighted by Gasteiger charge is -2.09. The maximum Gasteiger partial charge on any atom is 0.339 e. The fourth-order valence-corrected chi connectivity index (χ4v) is 3.96. The Hall–Kier alpha value is -1.40. The molecule has 102 valence electrons. The van der Waals surface area contributed by atoms with Gasteiger partial charge >= 0.3 is 5.97 Å². The van der Waals surface area contributed by atoms with Crippen LogP contribution in [0.5, 0.6) is 0 Å². The Kier molecular flexibility index (Phi) is 3.28. The summed E-state index contributed by atoms with van der Waals surface area (Å²) in [6.45, 7) is 1.03. The van der Waals surface area contributed by atoms with E-state index in [2.05, 4.69) is 5.32 Å². The number of aromatic carboxylic acids is 1. The second-order valence-corrected chi connectivity index (χ2v) is 6.02. The summed E-state index contributed by atoms with van der Waals surface area (Å²) in [6.07, 6.45) is 3.43. The normalized spacial score (nSPS) is 21.4. The molecule has 5 nitrogen and oxygen atoms in total. The minimum Gasteiger partial charge on any atom is -0.478 e. The van der Waals surface area contributed by atoms with Crippen LogP contribution in [0, 0.1) is 5.92 Å². The van der Waals surface area contributed by atoms with Gasteiger partial charge in [-0.2, -0.15) is 0 Å². The molecule has 1 aromatic heterocycles. The summed E-state index contributed by atoms with van der Waals surface area (Å²) in [6, 6.07) is 0. The summed E-state index contributed by atoms with van der Waals surface area (Å²) in [5.74, 6) is -1.23. The van der Waals surface area contributed by atoms with Crippen molar-refractivity contribution in [3.05, 3.63) is 16.0 Å². The van der Waals surface area contributed by atoms with Crippen LogP contribution in [0.2, 0.25) is 0 Å². The molecule has 1 unspecified atom stereocenters. The van der Waals surface area contributed by atoms with Crippen LogP contribution in [0.1, 0.15) is 33.6 Å². The highest BCUT2D eigenvalue weighted by Crippen LogP contribution is 2.39. The Morgan fingerprint density at radius 3 is 2.89 bits per heavy atom. The molecule has 19 heavy (non-hydrogen) atoms. The first-order valence-corrected chi connectivity index (χ1v) is 7.25. The fourth-order valence-electron chi connectivity index (χ4n) is 2.67. The highest BCUT2D eigenvalue weighted by molar-refractivity contribution is 7.17. The van der Waals surface area contributed by atoms with Gasteiger partial charge in [0.05, 0.1) is 18.1 Å². The average molecular weight is 281 g/mol. The molecule has 2 N–H and O–H groups in total. The number of rotatable bonds is 3. The number of hydrogen-bond donors (Lipinski definition) is 2. The summed E-state index contributed by atoms with van der Waals surface area (Å²) in [4.78, 5) is 24.5. The number of carboxylic acids is 1. The molecular formula is C13H15NO4S. The number of carbonyl (C=O) groups is 2. The smallest absolute Gasteiger partial charge is 0.339 e. The molecule has 1 aromatic rings. The van der Waals surface area contributed by atoms with Gasteiger partial charge in [-0.3, -0.25) is 4.79 Å². The van der Waals surface area contributed by atoms with Gasteiger partial charge in [0, 0.05) is 11.5 Å². The van der Waals surface area contributed by atoms with E-state index in [4.69, 9.17) is 4.74 Å². The third-order valence-electron chi connectivity index (χ3n) is 3.67. The largest absolute Gasteiger partial charge is 0.478 e. The predicted octanol–water partition coefficient (Wildman–Crippen LogP) is 1.91. The number of amides is 1. The van der Waals surface area contributed by atoms with Crippen LogP contribution in [-0.4, -0.2) is 30.2 Å². The van der Waals surface area contributed by atoms with Crippen molar-refractivity contribution in [2.75, 3.05) is 18.5 Å². The van der Waals surface area contributed by atoms with Crippen LogP contribution in [0.15, 0.2) is 0 Å². The number of aryl methyl sites for hydroxylation is 1. The summed E-state index contributed by atoms with van der Waals surface area (Å²) in [5.41, 5.74) is 1.21.